The third-order valence-corrected chi connectivity index (χ3v) is 5.81. The van der Waals surface area contributed by atoms with Gasteiger partial charge in [-0.1, -0.05) is 48.5 Å². The highest BCUT2D eigenvalue weighted by atomic mass is 16.5. The van der Waals surface area contributed by atoms with Crippen molar-refractivity contribution in [2.24, 2.45) is 0 Å². The molecule has 0 amide bonds. The number of piperazine rings is 1. The Morgan fingerprint density at radius 3 is 1.94 bits per heavy atom. The lowest BCUT2D eigenvalue weighted by Crippen LogP contribution is -2.45. The number of hydrogen-bond donors (Lipinski definition) is 2. The Balaban J connectivity index is 0.000000481. The van der Waals surface area contributed by atoms with Crippen molar-refractivity contribution in [1.82, 2.24) is 9.80 Å². The van der Waals surface area contributed by atoms with Crippen molar-refractivity contribution in [3.63, 3.8) is 0 Å². The second-order valence-corrected chi connectivity index (χ2v) is 7.98. The van der Waals surface area contributed by atoms with E-state index in [1.54, 1.807) is 14.2 Å². The van der Waals surface area contributed by atoms with Gasteiger partial charge in [-0.2, -0.15) is 0 Å². The van der Waals surface area contributed by atoms with E-state index in [1.807, 2.05) is 12.1 Å². The average Bonchev–Trinajstić information content (AvgIpc) is 2.86. The molecule has 180 valence electrons. The Kier molecular flexibility index (Phi) is 8.84. The molecule has 34 heavy (non-hydrogen) atoms. The summed E-state index contributed by atoms with van der Waals surface area (Å²) in [6.45, 7) is 6.24. The van der Waals surface area contributed by atoms with Gasteiger partial charge in [0.25, 0.3) is 0 Å². The van der Waals surface area contributed by atoms with Crippen LogP contribution in [0.2, 0.25) is 0 Å². The number of carbonyl (C=O) groups is 2. The molecule has 8 heteroatoms. The van der Waals surface area contributed by atoms with E-state index < -0.39 is 11.9 Å². The number of aliphatic carboxylic acids is 2. The zero-order chi connectivity index (χ0) is 24.5. The zero-order valence-corrected chi connectivity index (χ0v) is 19.4. The first-order valence-electron chi connectivity index (χ1n) is 11.0. The molecule has 1 fully saturated rings. The van der Waals surface area contributed by atoms with Crippen LogP contribution >= 0.6 is 0 Å². The summed E-state index contributed by atoms with van der Waals surface area (Å²) in [7, 11) is 3.41. The lowest BCUT2D eigenvalue weighted by molar-refractivity contribution is -0.159. The third-order valence-electron chi connectivity index (χ3n) is 5.81. The molecule has 2 N–H and O–H groups in total. The molecule has 1 aliphatic heterocycles. The van der Waals surface area contributed by atoms with Crippen LogP contribution in [-0.2, 0) is 22.7 Å². The Bertz CT molecular complexity index is 1110. The summed E-state index contributed by atoms with van der Waals surface area (Å²) in [6, 6.07) is 21.4. The Morgan fingerprint density at radius 2 is 1.35 bits per heavy atom. The average molecular weight is 467 g/mol. The number of methoxy groups -OCH3 is 2. The van der Waals surface area contributed by atoms with E-state index in [2.05, 4.69) is 58.3 Å². The molecule has 0 saturated carbocycles. The lowest BCUT2D eigenvalue weighted by Gasteiger charge is -2.35. The molecule has 0 bridgehead atoms. The normalized spacial score (nSPS) is 14.2. The number of carboxylic acid groups (broad SMARTS) is 2. The van der Waals surface area contributed by atoms with Gasteiger partial charge in [-0.25, -0.2) is 9.59 Å². The zero-order valence-electron chi connectivity index (χ0n) is 19.4. The fourth-order valence-electron chi connectivity index (χ4n) is 4.00. The van der Waals surface area contributed by atoms with E-state index in [0.717, 1.165) is 50.8 Å². The van der Waals surface area contributed by atoms with Crippen LogP contribution < -0.4 is 9.47 Å². The molecule has 1 heterocycles. The van der Waals surface area contributed by atoms with Crippen molar-refractivity contribution in [1.29, 1.82) is 0 Å². The first-order chi connectivity index (χ1) is 16.4. The first kappa shape index (κ1) is 25.0. The van der Waals surface area contributed by atoms with Gasteiger partial charge in [0.2, 0.25) is 0 Å². The number of fused-ring (bicyclic) bond motifs is 1. The van der Waals surface area contributed by atoms with Gasteiger partial charge in [0.15, 0.2) is 0 Å². The number of ether oxygens (including phenoxy) is 2. The summed E-state index contributed by atoms with van der Waals surface area (Å²) in [4.78, 5) is 23.3. The van der Waals surface area contributed by atoms with Crippen molar-refractivity contribution in [2.45, 2.75) is 13.1 Å². The second-order valence-electron chi connectivity index (χ2n) is 7.98. The minimum atomic E-state index is -1.82. The summed E-state index contributed by atoms with van der Waals surface area (Å²) in [6.07, 6.45) is 0. The van der Waals surface area contributed by atoms with Crippen molar-refractivity contribution in [2.75, 3.05) is 40.4 Å². The minimum absolute atomic E-state index is 0.834. The second kappa shape index (κ2) is 12.0. The molecule has 0 atom stereocenters. The van der Waals surface area contributed by atoms with Gasteiger partial charge in [0.05, 0.1) is 14.2 Å². The monoisotopic (exact) mass is 466 g/mol. The quantitative estimate of drug-likeness (QED) is 0.534. The predicted molar refractivity (Wildman–Crippen MR) is 129 cm³/mol. The highest BCUT2D eigenvalue weighted by Crippen LogP contribution is 2.26. The molecule has 3 aromatic carbocycles. The van der Waals surface area contributed by atoms with E-state index in [4.69, 9.17) is 29.3 Å². The van der Waals surface area contributed by atoms with Gasteiger partial charge in [-0.05, 0) is 22.4 Å². The number of carboxylic acids is 2. The number of benzene rings is 3. The molecule has 0 aromatic heterocycles. The van der Waals surface area contributed by atoms with Gasteiger partial charge in [0, 0.05) is 50.9 Å². The Labute approximate surface area is 198 Å². The van der Waals surface area contributed by atoms with Crippen LogP contribution in [0.3, 0.4) is 0 Å². The standard InChI is InChI=1S/C24H28N2O2.C2H2O4/c1-27-22-11-10-21(24(16-22)28-2)18-26-14-12-25(13-15-26)17-20-8-5-7-19-6-3-4-9-23(19)20;3-1(4)2(5)6/h3-11,16H,12-15,17-18H2,1-2H3;(H,3,4)(H,5,6). The van der Waals surface area contributed by atoms with Crippen molar-refractivity contribution in [3.05, 3.63) is 71.8 Å². The van der Waals surface area contributed by atoms with Crippen LogP contribution in [0.4, 0.5) is 0 Å². The summed E-state index contributed by atoms with van der Waals surface area (Å²) in [5.74, 6) is -1.91. The molecule has 0 spiro atoms. The van der Waals surface area contributed by atoms with E-state index in [9.17, 15) is 0 Å². The fraction of sp³-hybridized carbons (Fsp3) is 0.308. The van der Waals surface area contributed by atoms with E-state index in [1.165, 1.54) is 21.9 Å². The van der Waals surface area contributed by atoms with Gasteiger partial charge >= 0.3 is 11.9 Å². The minimum Gasteiger partial charge on any atom is -0.497 e. The Hall–Kier alpha value is -3.62. The van der Waals surface area contributed by atoms with E-state index in [-0.39, 0.29) is 0 Å². The predicted octanol–water partition coefficient (Wildman–Crippen LogP) is 3.33. The molecule has 4 rings (SSSR count). The topological polar surface area (TPSA) is 99.5 Å². The summed E-state index contributed by atoms with van der Waals surface area (Å²) >= 11 is 0. The maximum Gasteiger partial charge on any atom is 0.414 e. The van der Waals surface area contributed by atoms with Crippen LogP contribution in [0.1, 0.15) is 11.1 Å². The maximum atomic E-state index is 9.10. The molecule has 1 saturated heterocycles. The van der Waals surface area contributed by atoms with Crippen molar-refractivity contribution < 1.29 is 29.3 Å². The summed E-state index contributed by atoms with van der Waals surface area (Å²) < 4.78 is 10.9. The highest BCUT2D eigenvalue weighted by molar-refractivity contribution is 6.27. The van der Waals surface area contributed by atoms with Crippen LogP contribution in [0, 0.1) is 0 Å². The molecule has 8 nitrogen and oxygen atoms in total. The van der Waals surface area contributed by atoms with Crippen LogP contribution in [0.15, 0.2) is 60.7 Å². The number of hydrogen-bond acceptors (Lipinski definition) is 6. The smallest absolute Gasteiger partial charge is 0.414 e. The molecular weight excluding hydrogens is 436 g/mol. The van der Waals surface area contributed by atoms with Gasteiger partial charge < -0.3 is 19.7 Å². The van der Waals surface area contributed by atoms with Crippen LogP contribution in [-0.4, -0.2) is 72.4 Å². The van der Waals surface area contributed by atoms with Crippen molar-refractivity contribution in [3.8, 4) is 11.5 Å². The molecular formula is C26H30N2O6. The highest BCUT2D eigenvalue weighted by Gasteiger charge is 2.19. The van der Waals surface area contributed by atoms with Crippen LogP contribution in [0.25, 0.3) is 10.8 Å². The first-order valence-corrected chi connectivity index (χ1v) is 11.0. The number of nitrogens with zero attached hydrogens (tertiary/aromatic N) is 2. The van der Waals surface area contributed by atoms with E-state index in [0.29, 0.717) is 0 Å². The summed E-state index contributed by atoms with van der Waals surface area (Å²) in [5.41, 5.74) is 2.63. The third kappa shape index (κ3) is 6.69. The molecule has 0 radical (unpaired) electrons. The summed E-state index contributed by atoms with van der Waals surface area (Å²) in [5, 5.41) is 17.5. The molecule has 0 aliphatic carbocycles. The molecule has 0 unspecified atom stereocenters. The van der Waals surface area contributed by atoms with E-state index >= 15 is 0 Å². The van der Waals surface area contributed by atoms with Gasteiger partial charge in [0.1, 0.15) is 11.5 Å². The van der Waals surface area contributed by atoms with Gasteiger partial charge in [-0.15, -0.1) is 0 Å². The Morgan fingerprint density at radius 1 is 0.765 bits per heavy atom. The largest absolute Gasteiger partial charge is 0.497 e. The van der Waals surface area contributed by atoms with Gasteiger partial charge in [-0.3, -0.25) is 9.80 Å². The lowest BCUT2D eigenvalue weighted by atomic mass is 10.0. The number of rotatable bonds is 6. The molecule has 1 aliphatic rings. The fourth-order valence-corrected chi connectivity index (χ4v) is 4.00. The molecule has 3 aromatic rings. The SMILES string of the molecule is COc1ccc(CN2CCN(Cc3cccc4ccccc34)CC2)c(OC)c1.O=C(O)C(=O)O. The maximum absolute atomic E-state index is 9.10. The van der Waals surface area contributed by atoms with Crippen LogP contribution in [0.5, 0.6) is 11.5 Å². The van der Waals surface area contributed by atoms with Crippen molar-refractivity contribution >= 4 is 22.7 Å².